The number of amides is 1. The minimum absolute atomic E-state index is 0.204. The zero-order valence-electron chi connectivity index (χ0n) is 14.2. The normalized spacial score (nSPS) is 29.5. The first-order valence-corrected chi connectivity index (χ1v) is 8.82. The zero-order chi connectivity index (χ0) is 19.1. The van der Waals surface area contributed by atoms with Crippen LogP contribution in [0, 0.1) is 16.7 Å². The molecule has 134 valence electrons. The number of fused-ring (bicyclic) bond motifs is 1. The molecule has 2 aliphatic heterocycles. The number of nitriles is 1. The van der Waals surface area contributed by atoms with E-state index in [-0.39, 0.29) is 11.4 Å². The summed E-state index contributed by atoms with van der Waals surface area (Å²) in [5, 5.41) is 13.7. The van der Waals surface area contributed by atoms with E-state index in [1.807, 2.05) is 10.8 Å². The number of Topliss-reactive ketones (excluding diaryl/α,β-unsaturated/α-hetero) is 1. The Bertz CT molecular complexity index is 867. The number of carbonyl (C=O) groups excluding carboxylic acids is 3. The van der Waals surface area contributed by atoms with E-state index >= 15 is 0 Å². The summed E-state index contributed by atoms with van der Waals surface area (Å²) in [6, 6.07) is 2.38. The van der Waals surface area contributed by atoms with Gasteiger partial charge in [-0.1, -0.05) is 6.08 Å². The highest BCUT2D eigenvalue weighted by Crippen LogP contribution is 2.54. The van der Waals surface area contributed by atoms with E-state index in [0.717, 1.165) is 0 Å². The van der Waals surface area contributed by atoms with E-state index in [2.05, 4.69) is 6.07 Å². The maximum atomic E-state index is 12.8. The Hall–Kier alpha value is -2.92. The summed E-state index contributed by atoms with van der Waals surface area (Å²) in [5.74, 6) is -2.32. The van der Waals surface area contributed by atoms with Gasteiger partial charge in [0.1, 0.15) is 0 Å². The maximum Gasteiger partial charge on any atom is 0.329 e. The van der Waals surface area contributed by atoms with Crippen molar-refractivity contribution in [2.75, 3.05) is 7.11 Å². The minimum Gasteiger partial charge on any atom is -0.468 e. The molecular formula is C18H17N3O4S. The molecule has 1 amide bonds. The van der Waals surface area contributed by atoms with Gasteiger partial charge in [-0.05, 0) is 35.4 Å². The van der Waals surface area contributed by atoms with Crippen molar-refractivity contribution in [3.05, 3.63) is 46.3 Å². The third-order valence-corrected chi connectivity index (χ3v) is 5.67. The van der Waals surface area contributed by atoms with Crippen molar-refractivity contribution in [3.63, 3.8) is 0 Å². The molecule has 0 bridgehead atoms. The van der Waals surface area contributed by atoms with Crippen molar-refractivity contribution in [2.45, 2.75) is 24.9 Å². The van der Waals surface area contributed by atoms with Crippen LogP contribution < -0.4 is 5.73 Å². The number of hydrogen-bond donors (Lipinski definition) is 1. The van der Waals surface area contributed by atoms with Gasteiger partial charge in [0.25, 0.3) is 0 Å². The maximum absolute atomic E-state index is 12.8. The summed E-state index contributed by atoms with van der Waals surface area (Å²) < 4.78 is 4.97. The molecule has 0 spiro atoms. The number of methoxy groups -OCH3 is 1. The number of carbonyl (C=O) groups is 3. The van der Waals surface area contributed by atoms with Gasteiger partial charge < -0.3 is 15.4 Å². The van der Waals surface area contributed by atoms with Crippen molar-refractivity contribution in [3.8, 4) is 6.07 Å². The second kappa shape index (κ2) is 6.42. The fraction of sp³-hybridized carbons (Fsp3) is 0.333. The molecule has 0 unspecified atom stereocenters. The van der Waals surface area contributed by atoms with E-state index in [9.17, 15) is 19.6 Å². The summed E-state index contributed by atoms with van der Waals surface area (Å²) >= 11 is 1.41. The van der Waals surface area contributed by atoms with Gasteiger partial charge in [-0.2, -0.15) is 16.6 Å². The molecule has 3 rings (SSSR count). The molecule has 2 N–H and O–H groups in total. The van der Waals surface area contributed by atoms with Crippen LogP contribution in [-0.4, -0.2) is 41.8 Å². The Morgan fingerprint density at radius 1 is 1.42 bits per heavy atom. The van der Waals surface area contributed by atoms with Crippen LogP contribution in [0.15, 0.2) is 40.8 Å². The van der Waals surface area contributed by atoms with Gasteiger partial charge in [0.15, 0.2) is 11.2 Å². The van der Waals surface area contributed by atoms with Crippen LogP contribution in [0.1, 0.15) is 18.4 Å². The average Bonchev–Trinajstić information content (AvgIpc) is 3.24. The number of nitrogens with two attached hydrogens (primary N) is 1. The van der Waals surface area contributed by atoms with Crippen LogP contribution in [0.2, 0.25) is 0 Å². The lowest BCUT2D eigenvalue weighted by molar-refractivity contribution is -0.150. The molecule has 8 heteroatoms. The van der Waals surface area contributed by atoms with Crippen molar-refractivity contribution < 1.29 is 19.1 Å². The Labute approximate surface area is 154 Å². The molecule has 0 aromatic carbocycles. The fourth-order valence-electron chi connectivity index (χ4n) is 3.91. The molecule has 1 fully saturated rings. The molecule has 0 radical (unpaired) electrons. The van der Waals surface area contributed by atoms with Gasteiger partial charge in [-0.25, -0.2) is 0 Å². The molecule has 1 aromatic rings. The van der Waals surface area contributed by atoms with E-state index in [1.54, 1.807) is 17.0 Å². The Morgan fingerprint density at radius 2 is 2.15 bits per heavy atom. The average molecular weight is 371 g/mol. The molecule has 2 aliphatic rings. The fourth-order valence-corrected chi connectivity index (χ4v) is 4.61. The van der Waals surface area contributed by atoms with Gasteiger partial charge in [0.05, 0.1) is 30.8 Å². The summed E-state index contributed by atoms with van der Waals surface area (Å²) in [4.78, 5) is 38.5. The predicted molar refractivity (Wildman–Crippen MR) is 93.6 cm³/mol. The van der Waals surface area contributed by atoms with Crippen LogP contribution in [0.25, 0.3) is 0 Å². The van der Waals surface area contributed by atoms with E-state index in [0.29, 0.717) is 5.56 Å². The highest BCUT2D eigenvalue weighted by molar-refractivity contribution is 7.08. The van der Waals surface area contributed by atoms with Crippen LogP contribution in [-0.2, 0) is 19.1 Å². The molecule has 1 saturated heterocycles. The van der Waals surface area contributed by atoms with Crippen molar-refractivity contribution in [1.82, 2.24) is 4.90 Å². The third-order valence-electron chi connectivity index (χ3n) is 4.97. The lowest BCUT2D eigenvalue weighted by Crippen LogP contribution is -2.45. The predicted octanol–water partition coefficient (Wildman–Crippen LogP) is 1.10. The Morgan fingerprint density at radius 3 is 2.65 bits per heavy atom. The van der Waals surface area contributed by atoms with Gasteiger partial charge in [-0.3, -0.25) is 14.4 Å². The topological polar surface area (TPSA) is 113 Å². The Kier molecular flexibility index (Phi) is 4.42. The minimum atomic E-state index is -1.62. The van der Waals surface area contributed by atoms with Crippen LogP contribution in [0.3, 0.4) is 0 Å². The molecule has 3 heterocycles. The number of rotatable bonds is 4. The SMILES string of the molecule is COC(=O)[C@]1(C#N)[C@H](c2ccsc2)[C@@H](C(C)=O)N2C=C(C(N)=O)C=C[C@H]21. The third kappa shape index (κ3) is 2.35. The molecule has 7 nitrogen and oxygen atoms in total. The first-order valence-electron chi connectivity index (χ1n) is 7.88. The number of thiophene rings is 1. The zero-order valence-corrected chi connectivity index (χ0v) is 15.0. The van der Waals surface area contributed by atoms with Crippen LogP contribution in [0.5, 0.6) is 0 Å². The lowest BCUT2D eigenvalue weighted by Gasteiger charge is -2.32. The van der Waals surface area contributed by atoms with Crippen molar-refractivity contribution in [1.29, 1.82) is 5.26 Å². The number of hydrogen-bond acceptors (Lipinski definition) is 7. The first kappa shape index (κ1) is 17.9. The van der Waals surface area contributed by atoms with Crippen molar-refractivity contribution in [2.24, 2.45) is 11.1 Å². The largest absolute Gasteiger partial charge is 0.468 e. The van der Waals surface area contributed by atoms with E-state index in [4.69, 9.17) is 10.5 Å². The summed E-state index contributed by atoms with van der Waals surface area (Å²) in [6.45, 7) is 1.40. The second-order valence-electron chi connectivity index (χ2n) is 6.26. The molecule has 1 aromatic heterocycles. The standard InChI is InChI=1S/C18H17N3O4S/c1-10(22)15-14(12-5-6-26-8-12)18(9-19,17(24)25-2)13-4-3-11(16(20)23)7-21(13)15/h3-8,13-15H,1-2H3,(H2,20,23)/t13-,14+,15+,18-/m0/s1. The molecule has 0 saturated carbocycles. The van der Waals surface area contributed by atoms with Gasteiger partial charge >= 0.3 is 5.97 Å². The van der Waals surface area contributed by atoms with Gasteiger partial charge in [-0.15, -0.1) is 0 Å². The summed E-state index contributed by atoms with van der Waals surface area (Å²) in [7, 11) is 1.22. The van der Waals surface area contributed by atoms with Gasteiger partial charge in [0.2, 0.25) is 5.91 Å². The molecule has 4 atom stereocenters. The van der Waals surface area contributed by atoms with Gasteiger partial charge in [0, 0.05) is 12.1 Å². The number of primary amides is 1. The molecule has 0 aliphatic carbocycles. The van der Waals surface area contributed by atoms with Crippen molar-refractivity contribution >= 4 is 29.0 Å². The number of esters is 1. The molecule has 26 heavy (non-hydrogen) atoms. The van der Waals surface area contributed by atoms with Crippen LogP contribution >= 0.6 is 11.3 Å². The van der Waals surface area contributed by atoms with Crippen LogP contribution in [0.4, 0.5) is 0 Å². The summed E-state index contributed by atoms with van der Waals surface area (Å²) in [5.41, 5.74) is 4.65. The number of nitrogens with zero attached hydrogens (tertiary/aromatic N) is 2. The first-order chi connectivity index (χ1) is 12.4. The lowest BCUT2D eigenvalue weighted by atomic mass is 9.69. The number of ether oxygens (including phenoxy) is 1. The highest BCUT2D eigenvalue weighted by Gasteiger charge is 2.66. The summed E-state index contributed by atoms with van der Waals surface area (Å²) in [6.07, 6.45) is 4.51. The monoisotopic (exact) mass is 371 g/mol. The smallest absolute Gasteiger partial charge is 0.329 e. The quantitative estimate of drug-likeness (QED) is 0.793. The Balaban J connectivity index is 2.28. The molecular weight excluding hydrogens is 354 g/mol. The van der Waals surface area contributed by atoms with E-state index in [1.165, 1.54) is 37.6 Å². The highest BCUT2D eigenvalue weighted by atomic mass is 32.1. The number of ketones is 1. The second-order valence-corrected chi connectivity index (χ2v) is 7.04. The van der Waals surface area contributed by atoms with E-state index < -0.39 is 35.3 Å².